The summed E-state index contributed by atoms with van der Waals surface area (Å²) in [6, 6.07) is 6.03. The Bertz CT molecular complexity index is 797. The number of piperidine rings is 1. The van der Waals surface area contributed by atoms with Gasteiger partial charge >= 0.3 is 0 Å². The Balaban J connectivity index is 0.000000431. The number of fused-ring (bicyclic) bond motifs is 1. The maximum Gasteiger partial charge on any atom is 0.261 e. The lowest BCUT2D eigenvalue weighted by atomic mass is 9.87. The highest BCUT2D eigenvalue weighted by Gasteiger charge is 2.32. The molecule has 26 heavy (non-hydrogen) atoms. The van der Waals surface area contributed by atoms with E-state index in [1.54, 1.807) is 7.11 Å². The summed E-state index contributed by atoms with van der Waals surface area (Å²) in [7, 11) is -2.01. The van der Waals surface area contributed by atoms with E-state index >= 15 is 0 Å². The van der Waals surface area contributed by atoms with Gasteiger partial charge in [-0.15, -0.1) is 0 Å². The Morgan fingerprint density at radius 1 is 1.42 bits per heavy atom. The summed E-state index contributed by atoms with van der Waals surface area (Å²) in [5.74, 6) is -0.0375. The summed E-state index contributed by atoms with van der Waals surface area (Å²) in [5.41, 5.74) is 9.02. The summed E-state index contributed by atoms with van der Waals surface area (Å²) >= 11 is 0. The van der Waals surface area contributed by atoms with Crippen molar-refractivity contribution in [3.63, 3.8) is 0 Å². The summed E-state index contributed by atoms with van der Waals surface area (Å²) in [6.07, 6.45) is 2.85. The Hall–Kier alpha value is -1.94. The largest absolute Gasteiger partial charge is 0.497 e. The second-order valence-electron chi connectivity index (χ2n) is 6.46. The van der Waals surface area contributed by atoms with Crippen LogP contribution in [0.5, 0.6) is 5.75 Å². The summed E-state index contributed by atoms with van der Waals surface area (Å²) < 4.78 is 31.1. The van der Waals surface area contributed by atoms with Crippen LogP contribution in [0.3, 0.4) is 0 Å². The van der Waals surface area contributed by atoms with Gasteiger partial charge in [0, 0.05) is 19.6 Å². The Morgan fingerprint density at radius 3 is 2.65 bits per heavy atom. The minimum atomic E-state index is -3.67. The molecule has 9 heteroatoms. The number of aliphatic hydroxyl groups excluding tert-OH is 1. The highest BCUT2D eigenvalue weighted by Crippen LogP contribution is 2.36. The molecule has 0 aromatic heterocycles. The number of nitrogens with two attached hydrogens (primary N) is 1. The van der Waals surface area contributed by atoms with Crippen LogP contribution in [-0.2, 0) is 14.9 Å². The molecule has 1 aromatic carbocycles. The van der Waals surface area contributed by atoms with Gasteiger partial charge in [-0.05, 0) is 41.3 Å². The van der Waals surface area contributed by atoms with Crippen molar-refractivity contribution in [3.05, 3.63) is 29.3 Å². The van der Waals surface area contributed by atoms with E-state index in [1.165, 1.54) is 16.7 Å². The van der Waals surface area contributed by atoms with E-state index in [-0.39, 0.29) is 0 Å². The fraction of sp³-hybridized carbons (Fsp3) is 0.471. The van der Waals surface area contributed by atoms with Crippen molar-refractivity contribution in [2.75, 3.05) is 33.0 Å². The van der Waals surface area contributed by atoms with Gasteiger partial charge in [-0.25, -0.2) is 0 Å². The first-order valence-corrected chi connectivity index (χ1v) is 9.94. The summed E-state index contributed by atoms with van der Waals surface area (Å²) in [6.45, 7) is 2.07. The van der Waals surface area contributed by atoms with Crippen LogP contribution < -0.4 is 10.5 Å². The number of carbonyl (C=O) groups is 1. The van der Waals surface area contributed by atoms with Crippen LogP contribution in [0, 0.1) is 5.92 Å². The van der Waals surface area contributed by atoms with Gasteiger partial charge in [0.15, 0.2) is 0 Å². The normalized spacial score (nSPS) is 22.2. The standard InChI is InChI=1S/C16H20N2O3.CH4O3S/c1-21-12-3-2-10-6-11(13(10)7-12)8-18-5-4-15(19)14(9-18)16(17)20;1-5(2,3)4/h2-3,6-7,14-15,19H,4-5,8-9H2,1H3,(H2,17,20);1H3,(H,2,3,4). The molecule has 144 valence electrons. The van der Waals surface area contributed by atoms with Crippen molar-refractivity contribution in [1.29, 1.82) is 0 Å². The molecule has 1 aliphatic heterocycles. The fourth-order valence-corrected chi connectivity index (χ4v) is 3.06. The van der Waals surface area contributed by atoms with E-state index in [4.69, 9.17) is 15.0 Å². The number of benzene rings is 1. The lowest BCUT2D eigenvalue weighted by molar-refractivity contribution is -0.128. The number of rotatable bonds is 4. The van der Waals surface area contributed by atoms with Gasteiger partial charge in [0.2, 0.25) is 5.91 Å². The molecule has 4 N–H and O–H groups in total. The van der Waals surface area contributed by atoms with Crippen molar-refractivity contribution >= 4 is 27.7 Å². The number of methoxy groups -OCH3 is 1. The van der Waals surface area contributed by atoms with Crippen molar-refractivity contribution < 1.29 is 27.6 Å². The van der Waals surface area contributed by atoms with Crippen LogP contribution in [-0.4, -0.2) is 68.0 Å². The van der Waals surface area contributed by atoms with Gasteiger partial charge in [0.1, 0.15) is 5.75 Å². The third kappa shape index (κ3) is 5.53. The Kier molecular flexibility index (Phi) is 6.40. The van der Waals surface area contributed by atoms with E-state index in [0.717, 1.165) is 18.8 Å². The number of ether oxygens (including phenoxy) is 1. The number of likely N-dealkylation sites (tertiary alicyclic amines) is 1. The number of primary amides is 1. The summed E-state index contributed by atoms with van der Waals surface area (Å²) in [5, 5.41) is 9.83. The van der Waals surface area contributed by atoms with Crippen LogP contribution in [0.15, 0.2) is 18.2 Å². The first kappa shape index (κ1) is 20.4. The molecule has 1 heterocycles. The van der Waals surface area contributed by atoms with Crippen molar-refractivity contribution in [1.82, 2.24) is 4.90 Å². The van der Waals surface area contributed by atoms with E-state index < -0.39 is 28.0 Å². The SMILES string of the molecule is COc1ccc2c(c1)C(CN1CCC(O)C(C(N)=O)C1)=C2.CS(=O)(=O)O. The van der Waals surface area contributed by atoms with Gasteiger partial charge < -0.3 is 15.6 Å². The van der Waals surface area contributed by atoms with Crippen LogP contribution in [0.4, 0.5) is 0 Å². The van der Waals surface area contributed by atoms with Crippen molar-refractivity contribution in [3.8, 4) is 5.75 Å². The predicted octanol–water partition coefficient (Wildman–Crippen LogP) is 0.221. The zero-order valence-corrected chi connectivity index (χ0v) is 15.6. The van der Waals surface area contributed by atoms with E-state index in [0.29, 0.717) is 19.2 Å². The zero-order chi connectivity index (χ0) is 19.5. The first-order chi connectivity index (χ1) is 12.1. The van der Waals surface area contributed by atoms with Crippen LogP contribution >= 0.6 is 0 Å². The highest BCUT2D eigenvalue weighted by atomic mass is 32.2. The molecule has 2 atom stereocenters. The predicted molar refractivity (Wildman–Crippen MR) is 98.1 cm³/mol. The molecule has 0 bridgehead atoms. The molecular formula is C17H24N2O6S. The molecule has 0 radical (unpaired) electrons. The number of amides is 1. The summed E-state index contributed by atoms with van der Waals surface area (Å²) in [4.78, 5) is 13.5. The lowest BCUT2D eigenvalue weighted by Gasteiger charge is -2.36. The molecule has 1 aromatic rings. The Labute approximate surface area is 153 Å². The second kappa shape index (κ2) is 8.17. The molecule has 1 aliphatic carbocycles. The molecule has 1 amide bonds. The van der Waals surface area contributed by atoms with E-state index in [2.05, 4.69) is 11.0 Å². The molecule has 3 rings (SSSR count). The minimum Gasteiger partial charge on any atom is -0.497 e. The molecule has 1 saturated heterocycles. The van der Waals surface area contributed by atoms with Crippen LogP contribution in [0.2, 0.25) is 0 Å². The van der Waals surface area contributed by atoms with Gasteiger partial charge in [-0.1, -0.05) is 6.07 Å². The van der Waals surface area contributed by atoms with Crippen molar-refractivity contribution in [2.24, 2.45) is 11.7 Å². The molecule has 8 nitrogen and oxygen atoms in total. The van der Waals surface area contributed by atoms with Crippen LogP contribution in [0.25, 0.3) is 11.6 Å². The smallest absolute Gasteiger partial charge is 0.261 e. The van der Waals surface area contributed by atoms with Gasteiger partial charge in [0.25, 0.3) is 10.1 Å². The maximum atomic E-state index is 11.4. The number of carbonyl (C=O) groups excluding carboxylic acids is 1. The monoisotopic (exact) mass is 384 g/mol. The molecule has 0 spiro atoms. The van der Waals surface area contributed by atoms with E-state index in [9.17, 15) is 18.3 Å². The quantitative estimate of drug-likeness (QED) is 0.633. The topological polar surface area (TPSA) is 130 Å². The zero-order valence-electron chi connectivity index (χ0n) is 14.8. The third-order valence-electron chi connectivity index (χ3n) is 4.36. The van der Waals surface area contributed by atoms with E-state index in [1.807, 2.05) is 18.2 Å². The molecule has 2 unspecified atom stereocenters. The van der Waals surface area contributed by atoms with Crippen LogP contribution in [0.1, 0.15) is 17.5 Å². The maximum absolute atomic E-state index is 11.4. The number of hydrogen-bond donors (Lipinski definition) is 3. The van der Waals surface area contributed by atoms with Crippen molar-refractivity contribution in [2.45, 2.75) is 12.5 Å². The van der Waals surface area contributed by atoms with Gasteiger partial charge in [0.05, 0.1) is 25.4 Å². The first-order valence-electron chi connectivity index (χ1n) is 8.09. The molecule has 0 saturated carbocycles. The number of aliphatic hydroxyl groups is 1. The minimum absolute atomic E-state index is 0.420. The second-order valence-corrected chi connectivity index (χ2v) is 7.92. The molecule has 1 fully saturated rings. The number of hydrogen-bond acceptors (Lipinski definition) is 6. The van der Waals surface area contributed by atoms with Gasteiger partial charge in [-0.2, -0.15) is 8.42 Å². The molecular weight excluding hydrogens is 360 g/mol. The highest BCUT2D eigenvalue weighted by molar-refractivity contribution is 7.85. The lowest BCUT2D eigenvalue weighted by Crippen LogP contribution is -2.49. The molecule has 2 aliphatic rings. The Morgan fingerprint density at radius 2 is 2.08 bits per heavy atom. The fourth-order valence-electron chi connectivity index (χ4n) is 3.06. The average molecular weight is 384 g/mol. The average Bonchev–Trinajstić information content (AvgIpc) is 2.52. The van der Waals surface area contributed by atoms with Gasteiger partial charge in [-0.3, -0.25) is 14.2 Å². The number of nitrogens with zero attached hydrogens (tertiary/aromatic N) is 1. The third-order valence-corrected chi connectivity index (χ3v) is 4.36.